The van der Waals surface area contributed by atoms with Crippen LogP contribution in [0.5, 0.6) is 0 Å². The van der Waals surface area contributed by atoms with E-state index in [0.717, 1.165) is 5.56 Å². The van der Waals surface area contributed by atoms with E-state index in [2.05, 4.69) is 15.0 Å². The molecule has 7 heteroatoms. The summed E-state index contributed by atoms with van der Waals surface area (Å²) in [5, 5.41) is 2.78. The highest BCUT2D eigenvalue weighted by molar-refractivity contribution is 7.92. The lowest BCUT2D eigenvalue weighted by Crippen LogP contribution is -2.16. The average molecular weight is 307 g/mol. The molecule has 0 saturated carbocycles. The third kappa shape index (κ3) is 3.71. The van der Waals surface area contributed by atoms with Crippen LogP contribution in [0.4, 0.5) is 11.4 Å². The van der Waals surface area contributed by atoms with Gasteiger partial charge in [-0.2, -0.15) is 8.42 Å². The Morgan fingerprint density at radius 2 is 2.05 bits per heavy atom. The fourth-order valence-electron chi connectivity index (χ4n) is 1.89. The number of hydrogen-bond acceptors (Lipinski definition) is 5. The first-order valence-corrected chi connectivity index (χ1v) is 7.78. The van der Waals surface area contributed by atoms with E-state index in [9.17, 15) is 8.42 Å². The standard InChI is InChI=1S/C14H17N3O3S/c1-15-13-7-4-8-16-14(13)21(18,19)17-12-6-3-5-11(9-12)10-20-2/h3-9,15,17H,10H2,1-2H3. The van der Waals surface area contributed by atoms with Crippen molar-refractivity contribution in [2.24, 2.45) is 0 Å². The highest BCUT2D eigenvalue weighted by Gasteiger charge is 2.19. The van der Waals surface area contributed by atoms with E-state index in [1.165, 1.54) is 6.20 Å². The second-order valence-corrected chi connectivity index (χ2v) is 5.94. The molecule has 0 fully saturated rings. The van der Waals surface area contributed by atoms with Gasteiger partial charge in [0.25, 0.3) is 10.0 Å². The first-order chi connectivity index (χ1) is 10.1. The summed E-state index contributed by atoms with van der Waals surface area (Å²) in [6, 6.07) is 10.4. The van der Waals surface area contributed by atoms with Gasteiger partial charge in [-0.1, -0.05) is 12.1 Å². The molecule has 2 N–H and O–H groups in total. The maximum absolute atomic E-state index is 12.4. The second kappa shape index (κ2) is 6.55. The summed E-state index contributed by atoms with van der Waals surface area (Å²) in [6.07, 6.45) is 1.44. The predicted octanol–water partition coefficient (Wildman–Crippen LogP) is 2.07. The lowest BCUT2D eigenvalue weighted by Gasteiger charge is -2.11. The molecule has 0 aliphatic carbocycles. The normalized spacial score (nSPS) is 11.1. The van der Waals surface area contributed by atoms with E-state index in [4.69, 9.17) is 4.74 Å². The van der Waals surface area contributed by atoms with Crippen molar-refractivity contribution in [3.05, 3.63) is 48.2 Å². The van der Waals surface area contributed by atoms with Crippen LogP contribution in [-0.2, 0) is 21.4 Å². The Morgan fingerprint density at radius 3 is 2.76 bits per heavy atom. The number of rotatable bonds is 6. The molecule has 1 heterocycles. The molecule has 1 aromatic carbocycles. The van der Waals surface area contributed by atoms with Gasteiger partial charge >= 0.3 is 0 Å². The predicted molar refractivity (Wildman–Crippen MR) is 81.7 cm³/mol. The van der Waals surface area contributed by atoms with Crippen molar-refractivity contribution in [2.75, 3.05) is 24.2 Å². The van der Waals surface area contributed by atoms with Crippen molar-refractivity contribution in [1.82, 2.24) is 4.98 Å². The maximum atomic E-state index is 12.4. The van der Waals surface area contributed by atoms with Crippen LogP contribution in [-0.4, -0.2) is 27.6 Å². The fraction of sp³-hybridized carbons (Fsp3) is 0.214. The zero-order valence-electron chi connectivity index (χ0n) is 11.8. The van der Waals surface area contributed by atoms with Crippen LogP contribution in [0.3, 0.4) is 0 Å². The van der Waals surface area contributed by atoms with Gasteiger partial charge in [0.1, 0.15) is 0 Å². The molecule has 0 saturated heterocycles. The SMILES string of the molecule is CNc1cccnc1S(=O)(=O)Nc1cccc(COC)c1. The molecule has 2 rings (SSSR count). The van der Waals surface area contributed by atoms with Crippen LogP contribution < -0.4 is 10.0 Å². The second-order valence-electron chi connectivity index (χ2n) is 4.35. The summed E-state index contributed by atoms with van der Waals surface area (Å²) in [4.78, 5) is 3.94. The number of anilines is 2. The largest absolute Gasteiger partial charge is 0.386 e. The van der Waals surface area contributed by atoms with Crippen molar-refractivity contribution in [2.45, 2.75) is 11.6 Å². The number of nitrogens with zero attached hydrogens (tertiary/aromatic N) is 1. The van der Waals surface area contributed by atoms with Crippen molar-refractivity contribution in [3.63, 3.8) is 0 Å². The Balaban J connectivity index is 2.31. The van der Waals surface area contributed by atoms with Gasteiger partial charge in [0, 0.05) is 26.0 Å². The van der Waals surface area contributed by atoms with Gasteiger partial charge in [0.15, 0.2) is 5.03 Å². The summed E-state index contributed by atoms with van der Waals surface area (Å²) in [7, 11) is -0.517. The summed E-state index contributed by atoms with van der Waals surface area (Å²) >= 11 is 0. The van der Waals surface area contributed by atoms with Gasteiger partial charge in [-0.25, -0.2) is 4.98 Å². The number of hydrogen-bond donors (Lipinski definition) is 2. The fourth-order valence-corrected chi connectivity index (χ4v) is 3.08. The van der Waals surface area contributed by atoms with Crippen LogP contribution in [0.25, 0.3) is 0 Å². The van der Waals surface area contributed by atoms with Crippen molar-refractivity contribution in [3.8, 4) is 0 Å². The van der Waals surface area contributed by atoms with Gasteiger partial charge in [-0.15, -0.1) is 0 Å². The molecule has 0 radical (unpaired) electrons. The molecule has 21 heavy (non-hydrogen) atoms. The minimum atomic E-state index is -3.75. The highest BCUT2D eigenvalue weighted by atomic mass is 32.2. The first kappa shape index (κ1) is 15.3. The molecule has 0 aliphatic rings. The Kier molecular flexibility index (Phi) is 4.77. The summed E-state index contributed by atoms with van der Waals surface area (Å²) < 4.78 is 32.4. The number of ether oxygens (including phenoxy) is 1. The van der Waals surface area contributed by atoms with Crippen molar-refractivity contribution < 1.29 is 13.2 Å². The van der Waals surface area contributed by atoms with E-state index < -0.39 is 10.0 Å². The van der Waals surface area contributed by atoms with Crippen molar-refractivity contribution in [1.29, 1.82) is 0 Å². The Hall–Kier alpha value is -2.12. The lowest BCUT2D eigenvalue weighted by atomic mass is 10.2. The molecule has 0 atom stereocenters. The number of pyridine rings is 1. The lowest BCUT2D eigenvalue weighted by molar-refractivity contribution is 0.185. The molecule has 2 aromatic rings. The molecular formula is C14H17N3O3S. The molecule has 6 nitrogen and oxygen atoms in total. The van der Waals surface area contributed by atoms with Crippen LogP contribution in [0.15, 0.2) is 47.6 Å². The molecule has 0 amide bonds. The van der Waals surface area contributed by atoms with Gasteiger partial charge in [0.2, 0.25) is 0 Å². The van der Waals surface area contributed by atoms with Gasteiger partial charge in [0.05, 0.1) is 12.3 Å². The van der Waals surface area contributed by atoms with Crippen LogP contribution in [0, 0.1) is 0 Å². The van der Waals surface area contributed by atoms with E-state index in [0.29, 0.717) is 18.0 Å². The van der Waals surface area contributed by atoms with Gasteiger partial charge < -0.3 is 10.1 Å². The monoisotopic (exact) mass is 307 g/mol. The minimum absolute atomic E-state index is 0.0374. The Labute approximate surface area is 124 Å². The Bertz CT molecular complexity index is 717. The van der Waals surface area contributed by atoms with E-state index in [-0.39, 0.29) is 5.03 Å². The van der Waals surface area contributed by atoms with Crippen molar-refractivity contribution >= 4 is 21.4 Å². The smallest absolute Gasteiger partial charge is 0.281 e. The molecule has 0 unspecified atom stereocenters. The summed E-state index contributed by atoms with van der Waals surface area (Å²) in [5.74, 6) is 0. The molecule has 1 aromatic heterocycles. The zero-order chi connectivity index (χ0) is 15.3. The molecule has 0 aliphatic heterocycles. The third-order valence-electron chi connectivity index (χ3n) is 2.79. The topological polar surface area (TPSA) is 80.3 Å². The average Bonchev–Trinajstić information content (AvgIpc) is 2.47. The number of methoxy groups -OCH3 is 1. The van der Waals surface area contributed by atoms with E-state index in [1.807, 2.05) is 6.07 Å². The summed E-state index contributed by atoms with van der Waals surface area (Å²) in [5.41, 5.74) is 1.79. The van der Waals surface area contributed by atoms with E-state index >= 15 is 0 Å². The molecule has 112 valence electrons. The molecular weight excluding hydrogens is 290 g/mol. The van der Waals surface area contributed by atoms with Gasteiger partial charge in [-0.05, 0) is 29.8 Å². The van der Waals surface area contributed by atoms with Crippen LogP contribution in [0.2, 0.25) is 0 Å². The van der Waals surface area contributed by atoms with Gasteiger partial charge in [-0.3, -0.25) is 4.72 Å². The zero-order valence-corrected chi connectivity index (χ0v) is 12.6. The number of sulfonamides is 1. The van der Waals surface area contributed by atoms with Crippen LogP contribution in [0.1, 0.15) is 5.56 Å². The Morgan fingerprint density at radius 1 is 1.24 bits per heavy atom. The van der Waals surface area contributed by atoms with Crippen LogP contribution >= 0.6 is 0 Å². The molecule has 0 spiro atoms. The van der Waals surface area contributed by atoms with E-state index in [1.54, 1.807) is 44.5 Å². The maximum Gasteiger partial charge on any atom is 0.281 e. The first-order valence-electron chi connectivity index (χ1n) is 6.30. The number of nitrogens with one attached hydrogen (secondary N) is 2. The highest BCUT2D eigenvalue weighted by Crippen LogP contribution is 2.21. The quantitative estimate of drug-likeness (QED) is 0.854. The third-order valence-corrected chi connectivity index (χ3v) is 4.12. The minimum Gasteiger partial charge on any atom is -0.386 e. The number of aromatic nitrogens is 1. The summed E-state index contributed by atoms with van der Waals surface area (Å²) in [6.45, 7) is 0.418. The molecule has 0 bridgehead atoms. The number of benzene rings is 1.